The molecule has 0 fully saturated rings. The Morgan fingerprint density at radius 3 is 2.42 bits per heavy atom. The summed E-state index contributed by atoms with van der Waals surface area (Å²) in [4.78, 5) is 12.0. The van der Waals surface area contributed by atoms with Gasteiger partial charge in [-0.3, -0.25) is 4.79 Å². The van der Waals surface area contributed by atoms with E-state index in [0.29, 0.717) is 35.2 Å². The van der Waals surface area contributed by atoms with Gasteiger partial charge in [0.2, 0.25) is 5.91 Å². The maximum absolute atomic E-state index is 12.0. The summed E-state index contributed by atoms with van der Waals surface area (Å²) < 4.78 is 10.3. The number of hydrogen-bond acceptors (Lipinski definition) is 4. The largest absolute Gasteiger partial charge is 0.493 e. The highest BCUT2D eigenvalue weighted by atomic mass is 35.5. The van der Waals surface area contributed by atoms with Crippen molar-refractivity contribution in [1.29, 1.82) is 0 Å². The fraction of sp³-hybridized carbons (Fsp3) is 0.462. The minimum absolute atomic E-state index is 0.154. The van der Waals surface area contributed by atoms with Gasteiger partial charge in [0.25, 0.3) is 0 Å². The van der Waals surface area contributed by atoms with E-state index in [2.05, 4.69) is 5.32 Å². The van der Waals surface area contributed by atoms with Crippen LogP contribution in [0.15, 0.2) is 12.1 Å². The van der Waals surface area contributed by atoms with Gasteiger partial charge in [-0.15, -0.1) is 0 Å². The van der Waals surface area contributed by atoms with Crippen molar-refractivity contribution in [3.63, 3.8) is 0 Å². The van der Waals surface area contributed by atoms with E-state index in [9.17, 15) is 4.79 Å². The molecule has 1 aromatic carbocycles. The van der Waals surface area contributed by atoms with Crippen LogP contribution in [0, 0.1) is 5.92 Å². The van der Waals surface area contributed by atoms with Gasteiger partial charge in [0.1, 0.15) is 0 Å². The molecule has 6 heteroatoms. The van der Waals surface area contributed by atoms with Gasteiger partial charge in [-0.2, -0.15) is 0 Å². The maximum Gasteiger partial charge on any atom is 0.228 e. The number of nitrogens with one attached hydrogen (secondary N) is 1. The van der Waals surface area contributed by atoms with Crippen LogP contribution in [0.4, 0.5) is 5.69 Å². The molecule has 1 amide bonds. The predicted octanol–water partition coefficient (Wildman–Crippen LogP) is 2.28. The van der Waals surface area contributed by atoms with Crippen LogP contribution in [0.3, 0.4) is 0 Å². The molecule has 0 radical (unpaired) electrons. The minimum atomic E-state index is -0.232. The van der Waals surface area contributed by atoms with E-state index >= 15 is 0 Å². The third kappa shape index (κ3) is 3.75. The summed E-state index contributed by atoms with van der Waals surface area (Å²) in [7, 11) is 3.04. The van der Waals surface area contributed by atoms with Crippen LogP contribution in [0.2, 0.25) is 5.02 Å². The average Bonchev–Trinajstić information content (AvgIpc) is 2.41. The van der Waals surface area contributed by atoms with E-state index in [0.717, 1.165) is 0 Å². The molecular formula is C13H19ClN2O3. The molecule has 1 aromatic rings. The normalized spacial score (nSPS) is 11.8. The summed E-state index contributed by atoms with van der Waals surface area (Å²) >= 11 is 6.09. The number of benzene rings is 1. The van der Waals surface area contributed by atoms with Crippen LogP contribution in [0.1, 0.15) is 13.3 Å². The molecule has 0 aliphatic rings. The second kappa shape index (κ2) is 7.21. The maximum atomic E-state index is 12.0. The zero-order valence-corrected chi connectivity index (χ0v) is 12.1. The number of halogens is 1. The first kappa shape index (κ1) is 15.6. The van der Waals surface area contributed by atoms with E-state index in [-0.39, 0.29) is 11.8 Å². The van der Waals surface area contributed by atoms with Crippen molar-refractivity contribution in [1.82, 2.24) is 0 Å². The second-order valence-electron chi connectivity index (χ2n) is 4.02. The molecule has 0 bridgehead atoms. The molecule has 1 rings (SSSR count). The molecule has 3 N–H and O–H groups in total. The Morgan fingerprint density at radius 2 is 1.95 bits per heavy atom. The van der Waals surface area contributed by atoms with Crippen molar-refractivity contribution in [2.75, 3.05) is 26.1 Å². The summed E-state index contributed by atoms with van der Waals surface area (Å²) in [5, 5.41) is 3.14. The number of anilines is 1. The Kier molecular flexibility index (Phi) is 5.92. The second-order valence-corrected chi connectivity index (χ2v) is 4.42. The van der Waals surface area contributed by atoms with Gasteiger partial charge in [0, 0.05) is 18.7 Å². The lowest BCUT2D eigenvalue weighted by Crippen LogP contribution is -2.28. The topological polar surface area (TPSA) is 73.6 Å². The molecule has 19 heavy (non-hydrogen) atoms. The highest BCUT2D eigenvalue weighted by Gasteiger charge is 2.17. The number of carbonyl (C=O) groups excluding carboxylic acids is 1. The van der Waals surface area contributed by atoms with Crippen molar-refractivity contribution in [2.45, 2.75) is 13.3 Å². The molecule has 1 unspecified atom stereocenters. The van der Waals surface area contributed by atoms with Crippen LogP contribution in [0.5, 0.6) is 11.5 Å². The number of amides is 1. The summed E-state index contributed by atoms with van der Waals surface area (Å²) in [6, 6.07) is 3.22. The van der Waals surface area contributed by atoms with Crippen LogP contribution >= 0.6 is 11.6 Å². The molecule has 5 nitrogen and oxygen atoms in total. The summed E-state index contributed by atoms with van der Waals surface area (Å²) in [5.41, 5.74) is 6.02. The zero-order chi connectivity index (χ0) is 14.4. The van der Waals surface area contributed by atoms with Gasteiger partial charge >= 0.3 is 0 Å². The average molecular weight is 287 g/mol. The van der Waals surface area contributed by atoms with Crippen molar-refractivity contribution >= 4 is 23.2 Å². The number of ether oxygens (including phenoxy) is 2. The Labute approximate surface area is 118 Å². The van der Waals surface area contributed by atoms with Crippen LogP contribution in [-0.4, -0.2) is 26.7 Å². The van der Waals surface area contributed by atoms with Crippen molar-refractivity contribution in [2.24, 2.45) is 11.7 Å². The van der Waals surface area contributed by atoms with Crippen LogP contribution in [0.25, 0.3) is 0 Å². The molecule has 0 aromatic heterocycles. The first-order valence-electron chi connectivity index (χ1n) is 5.99. The zero-order valence-electron chi connectivity index (χ0n) is 11.3. The Balaban J connectivity index is 2.98. The number of hydrogen-bond donors (Lipinski definition) is 2. The van der Waals surface area contributed by atoms with Crippen molar-refractivity contribution < 1.29 is 14.3 Å². The highest BCUT2D eigenvalue weighted by molar-refractivity contribution is 6.34. The third-order valence-electron chi connectivity index (χ3n) is 2.88. The fourth-order valence-electron chi connectivity index (χ4n) is 1.64. The van der Waals surface area contributed by atoms with Gasteiger partial charge in [-0.05, 0) is 6.42 Å². The highest BCUT2D eigenvalue weighted by Crippen LogP contribution is 2.36. The predicted molar refractivity (Wildman–Crippen MR) is 76.0 cm³/mol. The molecule has 1 atom stereocenters. The molecule has 0 saturated heterocycles. The fourth-order valence-corrected chi connectivity index (χ4v) is 1.84. The number of nitrogens with two attached hydrogens (primary N) is 1. The Morgan fingerprint density at radius 1 is 1.37 bits per heavy atom. The molecular weight excluding hydrogens is 268 g/mol. The lowest BCUT2D eigenvalue weighted by molar-refractivity contribution is -0.119. The van der Waals surface area contributed by atoms with Gasteiger partial charge in [0.15, 0.2) is 11.5 Å². The summed E-state index contributed by atoms with van der Waals surface area (Å²) in [6.45, 7) is 2.21. The van der Waals surface area contributed by atoms with Gasteiger partial charge < -0.3 is 20.5 Å². The van der Waals surface area contributed by atoms with E-state index in [4.69, 9.17) is 26.8 Å². The molecule has 0 saturated carbocycles. The van der Waals surface area contributed by atoms with Crippen molar-refractivity contribution in [3.8, 4) is 11.5 Å². The standard InChI is InChI=1S/C13H19ClN2O3/c1-4-8(7-15)13(17)16-10-6-12(19-3)11(18-2)5-9(10)14/h5-6,8H,4,7,15H2,1-3H3,(H,16,17). The summed E-state index contributed by atoms with van der Waals surface area (Å²) in [5.74, 6) is 0.627. The SMILES string of the molecule is CCC(CN)C(=O)Nc1cc(OC)c(OC)cc1Cl. The molecule has 0 spiro atoms. The lowest BCUT2D eigenvalue weighted by atomic mass is 10.1. The van der Waals surface area contributed by atoms with Crippen LogP contribution < -0.4 is 20.5 Å². The quantitative estimate of drug-likeness (QED) is 0.841. The van der Waals surface area contributed by atoms with E-state index in [1.807, 2.05) is 6.92 Å². The molecule has 106 valence electrons. The molecule has 0 heterocycles. The monoisotopic (exact) mass is 286 g/mol. The van der Waals surface area contributed by atoms with Crippen molar-refractivity contribution in [3.05, 3.63) is 17.2 Å². The van der Waals surface area contributed by atoms with E-state index in [1.165, 1.54) is 14.2 Å². The lowest BCUT2D eigenvalue weighted by Gasteiger charge is -2.15. The van der Waals surface area contributed by atoms with E-state index < -0.39 is 0 Å². The first-order chi connectivity index (χ1) is 9.07. The third-order valence-corrected chi connectivity index (χ3v) is 3.19. The first-order valence-corrected chi connectivity index (χ1v) is 6.37. The minimum Gasteiger partial charge on any atom is -0.493 e. The number of rotatable bonds is 6. The number of methoxy groups -OCH3 is 2. The van der Waals surface area contributed by atoms with Crippen LogP contribution in [-0.2, 0) is 4.79 Å². The Bertz CT molecular complexity index is 448. The van der Waals surface area contributed by atoms with Gasteiger partial charge in [-0.25, -0.2) is 0 Å². The smallest absolute Gasteiger partial charge is 0.228 e. The van der Waals surface area contributed by atoms with E-state index in [1.54, 1.807) is 12.1 Å². The number of carbonyl (C=O) groups is 1. The summed E-state index contributed by atoms with van der Waals surface area (Å²) in [6.07, 6.45) is 0.674. The Hall–Kier alpha value is -1.46. The van der Waals surface area contributed by atoms with Gasteiger partial charge in [0.05, 0.1) is 30.8 Å². The molecule has 0 aliphatic carbocycles. The molecule has 0 aliphatic heterocycles. The van der Waals surface area contributed by atoms with Gasteiger partial charge in [-0.1, -0.05) is 18.5 Å².